The first kappa shape index (κ1) is 30.1. The third-order valence-electron chi connectivity index (χ3n) is 4.77. The van der Waals surface area contributed by atoms with Gasteiger partial charge in [-0.25, -0.2) is 4.79 Å². The Balaban J connectivity index is 3.66. The zero-order chi connectivity index (χ0) is 24.8. The van der Waals surface area contributed by atoms with Crippen LogP contribution in [0.5, 0.6) is 0 Å². The predicted molar refractivity (Wildman–Crippen MR) is 124 cm³/mol. The van der Waals surface area contributed by atoms with E-state index in [1.54, 1.807) is 27.7 Å². The van der Waals surface area contributed by atoms with Gasteiger partial charge in [-0.1, -0.05) is 25.6 Å². The Hall–Kier alpha value is -1.94. The van der Waals surface area contributed by atoms with Gasteiger partial charge in [-0.2, -0.15) is 0 Å². The first-order valence-corrected chi connectivity index (χ1v) is 11.7. The molecule has 0 aliphatic carbocycles. The number of carbonyl (C=O) groups excluding carboxylic acids is 5. The highest BCUT2D eigenvalue weighted by molar-refractivity contribution is 8.13. The fourth-order valence-corrected chi connectivity index (χ4v) is 3.09. The number of ether oxygens (including phenoxy) is 2. The normalized spacial score (nSPS) is 11.6. The fraction of sp³-hybridized carbons (Fsp3) is 0.773. The van der Waals surface area contributed by atoms with Crippen LogP contribution in [0.2, 0.25) is 0 Å². The molecule has 0 aliphatic rings. The molecule has 0 saturated carbocycles. The number of thioether (sulfide) groups is 1. The van der Waals surface area contributed by atoms with Gasteiger partial charge in [0, 0.05) is 37.8 Å². The van der Waals surface area contributed by atoms with E-state index in [1.807, 2.05) is 0 Å². The van der Waals surface area contributed by atoms with Crippen LogP contribution in [0.4, 0.5) is 9.59 Å². The number of Topliss-reactive ketones (excluding diaryl/α,β-unsaturated/α-hetero) is 3. The van der Waals surface area contributed by atoms with Crippen molar-refractivity contribution in [1.82, 2.24) is 10.6 Å². The first-order chi connectivity index (χ1) is 14.8. The van der Waals surface area contributed by atoms with Gasteiger partial charge >= 0.3 is 6.09 Å². The van der Waals surface area contributed by atoms with Gasteiger partial charge < -0.3 is 20.1 Å². The molecular weight excluding hydrogens is 436 g/mol. The number of alkyl carbamates (subject to hydrolysis) is 1. The monoisotopic (exact) mass is 474 g/mol. The molecule has 0 radical (unpaired) electrons. The lowest BCUT2D eigenvalue weighted by atomic mass is 9.88. The van der Waals surface area contributed by atoms with Gasteiger partial charge in [-0.15, -0.1) is 0 Å². The Morgan fingerprint density at radius 3 is 2.06 bits per heavy atom. The zero-order valence-electron chi connectivity index (χ0n) is 20.1. The molecule has 9 nitrogen and oxygen atoms in total. The summed E-state index contributed by atoms with van der Waals surface area (Å²) in [7, 11) is 0. The van der Waals surface area contributed by atoms with Crippen molar-refractivity contribution in [3.8, 4) is 0 Å². The Labute approximate surface area is 195 Å². The van der Waals surface area contributed by atoms with E-state index in [0.717, 1.165) is 31.0 Å². The molecule has 0 rings (SSSR count). The van der Waals surface area contributed by atoms with Crippen molar-refractivity contribution in [2.24, 2.45) is 10.8 Å². The van der Waals surface area contributed by atoms with E-state index in [-0.39, 0.29) is 23.4 Å². The van der Waals surface area contributed by atoms with Crippen LogP contribution in [0, 0.1) is 10.8 Å². The minimum Gasteiger partial charge on any atom is -0.449 e. The highest BCUT2D eigenvalue weighted by Crippen LogP contribution is 2.23. The quantitative estimate of drug-likeness (QED) is 0.258. The molecule has 10 heteroatoms. The lowest BCUT2D eigenvalue weighted by Gasteiger charge is -2.20. The number of amides is 2. The molecule has 0 aliphatic heterocycles. The summed E-state index contributed by atoms with van der Waals surface area (Å²) in [5.41, 5.74) is -1.56. The van der Waals surface area contributed by atoms with E-state index in [1.165, 1.54) is 13.8 Å². The van der Waals surface area contributed by atoms with E-state index in [2.05, 4.69) is 10.6 Å². The smallest absolute Gasteiger partial charge is 0.407 e. The second-order valence-electron chi connectivity index (χ2n) is 8.89. The van der Waals surface area contributed by atoms with E-state index >= 15 is 0 Å². The molecule has 0 aromatic heterocycles. The van der Waals surface area contributed by atoms with Crippen molar-refractivity contribution >= 4 is 40.4 Å². The fourth-order valence-electron chi connectivity index (χ4n) is 2.26. The maximum absolute atomic E-state index is 11.8. The minimum absolute atomic E-state index is 0.0262. The molecule has 0 atom stereocenters. The molecule has 0 unspecified atom stereocenters. The molecule has 0 aromatic rings. The number of hydrogen-bond donors (Lipinski definition) is 2. The van der Waals surface area contributed by atoms with Gasteiger partial charge in [-0.05, 0) is 40.0 Å². The molecule has 0 bridgehead atoms. The second-order valence-corrected chi connectivity index (χ2v) is 9.84. The van der Waals surface area contributed by atoms with Crippen molar-refractivity contribution in [3.05, 3.63) is 0 Å². The standard InChI is InChI=1S/C22H38N2O7S/c1-16(25)18(27)22(5,6)15-32-20(29)24-10-8-7-9-12-30-13-11-23-19(28)31-14-21(3,4)17(2)26/h7-15H2,1-6H3,(H,23,28)(H,24,29). The summed E-state index contributed by atoms with van der Waals surface area (Å²) in [4.78, 5) is 57.8. The summed E-state index contributed by atoms with van der Waals surface area (Å²) in [6.07, 6.45) is 1.91. The van der Waals surface area contributed by atoms with Crippen molar-refractivity contribution in [2.75, 3.05) is 38.7 Å². The highest BCUT2D eigenvalue weighted by Gasteiger charge is 2.31. The third kappa shape index (κ3) is 13.5. The van der Waals surface area contributed by atoms with E-state index in [4.69, 9.17) is 9.47 Å². The summed E-state index contributed by atoms with van der Waals surface area (Å²) < 4.78 is 10.5. The average Bonchev–Trinajstić information content (AvgIpc) is 2.71. The molecule has 0 saturated heterocycles. The van der Waals surface area contributed by atoms with Crippen LogP contribution in [0.3, 0.4) is 0 Å². The van der Waals surface area contributed by atoms with Crippen molar-refractivity contribution < 1.29 is 33.4 Å². The van der Waals surface area contributed by atoms with Crippen LogP contribution in [-0.2, 0) is 23.9 Å². The van der Waals surface area contributed by atoms with Crippen LogP contribution in [0.25, 0.3) is 0 Å². The largest absolute Gasteiger partial charge is 0.449 e. The van der Waals surface area contributed by atoms with Crippen LogP contribution >= 0.6 is 11.8 Å². The van der Waals surface area contributed by atoms with Crippen LogP contribution in [-0.4, -0.2) is 67.3 Å². The Kier molecular flexibility index (Phi) is 14.1. The van der Waals surface area contributed by atoms with Gasteiger partial charge in [0.05, 0.1) is 12.0 Å². The summed E-state index contributed by atoms with van der Waals surface area (Å²) in [5.74, 6) is -0.761. The number of ketones is 3. The van der Waals surface area contributed by atoms with Crippen molar-refractivity contribution in [2.45, 2.75) is 60.8 Å². The lowest BCUT2D eigenvalue weighted by Crippen LogP contribution is -2.34. The Bertz CT molecular complexity index is 663. The van der Waals surface area contributed by atoms with Gasteiger partial charge in [0.1, 0.15) is 12.4 Å². The summed E-state index contributed by atoms with van der Waals surface area (Å²) >= 11 is 1.01. The molecular formula is C22H38N2O7S. The maximum atomic E-state index is 11.8. The van der Waals surface area contributed by atoms with E-state index in [9.17, 15) is 24.0 Å². The van der Waals surface area contributed by atoms with Crippen LogP contribution < -0.4 is 10.6 Å². The molecule has 0 spiro atoms. The van der Waals surface area contributed by atoms with Crippen molar-refractivity contribution in [1.29, 1.82) is 0 Å². The SMILES string of the molecule is CC(=O)C(=O)C(C)(C)CSC(=O)NCCCCCOCCNC(=O)OCC(C)(C)C(C)=O. The topological polar surface area (TPSA) is 128 Å². The predicted octanol–water partition coefficient (Wildman–Crippen LogP) is 3.14. The summed E-state index contributed by atoms with van der Waals surface area (Å²) in [5, 5.41) is 5.13. The zero-order valence-corrected chi connectivity index (χ0v) is 20.9. The Morgan fingerprint density at radius 2 is 1.47 bits per heavy atom. The second kappa shape index (κ2) is 15.0. The van der Waals surface area contributed by atoms with Crippen LogP contribution in [0.1, 0.15) is 60.8 Å². The number of hydrogen-bond acceptors (Lipinski definition) is 8. The molecule has 0 aromatic carbocycles. The van der Waals surface area contributed by atoms with Gasteiger partial charge in [0.15, 0.2) is 5.78 Å². The first-order valence-electron chi connectivity index (χ1n) is 10.7. The number of rotatable bonds is 16. The van der Waals surface area contributed by atoms with Gasteiger partial charge in [-0.3, -0.25) is 19.2 Å². The summed E-state index contributed by atoms with van der Waals surface area (Å²) in [6.45, 7) is 11.2. The number of nitrogens with one attached hydrogen (secondary N) is 2. The van der Waals surface area contributed by atoms with Crippen molar-refractivity contribution in [3.63, 3.8) is 0 Å². The third-order valence-corrected chi connectivity index (χ3v) is 6.04. The van der Waals surface area contributed by atoms with E-state index < -0.39 is 28.5 Å². The van der Waals surface area contributed by atoms with Gasteiger partial charge in [0.25, 0.3) is 5.24 Å². The van der Waals surface area contributed by atoms with Gasteiger partial charge in [0.2, 0.25) is 5.78 Å². The Morgan fingerprint density at radius 1 is 0.812 bits per heavy atom. The molecule has 2 amide bonds. The molecule has 0 fully saturated rings. The molecule has 32 heavy (non-hydrogen) atoms. The lowest BCUT2D eigenvalue weighted by molar-refractivity contribution is -0.139. The summed E-state index contributed by atoms with van der Waals surface area (Å²) in [6, 6.07) is 0. The minimum atomic E-state index is -0.859. The number of carbonyl (C=O) groups is 5. The highest BCUT2D eigenvalue weighted by atomic mass is 32.2. The molecule has 2 N–H and O–H groups in total. The van der Waals surface area contributed by atoms with E-state index in [0.29, 0.717) is 26.3 Å². The molecule has 184 valence electrons. The number of unbranched alkanes of at least 4 members (excludes halogenated alkanes) is 2. The molecule has 0 heterocycles. The maximum Gasteiger partial charge on any atom is 0.407 e. The van der Waals surface area contributed by atoms with Crippen LogP contribution in [0.15, 0.2) is 0 Å². The average molecular weight is 475 g/mol.